The Hall–Kier alpha value is -1.39. The van der Waals surface area contributed by atoms with Crippen LogP contribution in [0, 0.1) is 0 Å². The maximum Gasteiger partial charge on any atom is 0.410 e. The van der Waals surface area contributed by atoms with E-state index in [0.29, 0.717) is 45.6 Å². The number of carbonyl (C=O) groups excluding carboxylic acids is 1. The first-order valence-corrected chi connectivity index (χ1v) is 12.3. The second kappa shape index (κ2) is 10.5. The standard InChI is InChI=1S/C21H31N3O5S.ClH/c25-20(28-16-18-4-2-1-3-5-18)23-12-6-19(7-13-23)30(26,27)24-14-15-29-21(17-24)8-10-22-11-9-21;/h1-5,19,22H,6-17H2;1H. The van der Waals surface area contributed by atoms with Crippen molar-refractivity contribution in [3.8, 4) is 0 Å². The van der Waals surface area contributed by atoms with Crippen molar-refractivity contribution >= 4 is 28.5 Å². The van der Waals surface area contributed by atoms with Crippen molar-refractivity contribution < 1.29 is 22.7 Å². The maximum atomic E-state index is 13.3. The van der Waals surface area contributed by atoms with Crippen LogP contribution in [0.3, 0.4) is 0 Å². The Morgan fingerprint density at radius 1 is 1.13 bits per heavy atom. The second-order valence-electron chi connectivity index (χ2n) is 8.39. The molecule has 8 nitrogen and oxygen atoms in total. The van der Waals surface area contributed by atoms with E-state index in [-0.39, 0.29) is 30.7 Å². The number of morpholine rings is 1. The molecule has 3 aliphatic heterocycles. The van der Waals surface area contributed by atoms with Gasteiger partial charge in [-0.15, -0.1) is 12.4 Å². The number of hydrogen-bond donors (Lipinski definition) is 1. The summed E-state index contributed by atoms with van der Waals surface area (Å²) in [6.45, 7) is 4.04. The van der Waals surface area contributed by atoms with E-state index < -0.39 is 15.3 Å². The van der Waals surface area contributed by atoms with Crippen LogP contribution in [0.25, 0.3) is 0 Å². The van der Waals surface area contributed by atoms with Gasteiger partial charge in [0.25, 0.3) is 0 Å². The zero-order valence-electron chi connectivity index (χ0n) is 17.7. The summed E-state index contributed by atoms with van der Waals surface area (Å²) < 4.78 is 39.6. The average molecular weight is 474 g/mol. The molecule has 1 spiro atoms. The molecule has 1 aromatic carbocycles. The molecule has 3 fully saturated rings. The minimum atomic E-state index is -3.41. The van der Waals surface area contributed by atoms with E-state index in [1.807, 2.05) is 30.3 Å². The van der Waals surface area contributed by atoms with Crippen LogP contribution in [0.15, 0.2) is 30.3 Å². The molecule has 0 aliphatic carbocycles. The first kappa shape index (κ1) is 24.3. The molecule has 1 amide bonds. The maximum absolute atomic E-state index is 13.3. The van der Waals surface area contributed by atoms with E-state index >= 15 is 0 Å². The molecule has 1 N–H and O–H groups in total. The number of sulfonamides is 1. The Morgan fingerprint density at radius 2 is 1.81 bits per heavy atom. The lowest BCUT2D eigenvalue weighted by molar-refractivity contribution is -0.105. The minimum absolute atomic E-state index is 0. The van der Waals surface area contributed by atoms with Gasteiger partial charge in [0.15, 0.2) is 0 Å². The van der Waals surface area contributed by atoms with Crippen LogP contribution in [0.2, 0.25) is 0 Å². The Morgan fingerprint density at radius 3 is 2.48 bits per heavy atom. The molecule has 3 aliphatic rings. The van der Waals surface area contributed by atoms with Gasteiger partial charge >= 0.3 is 6.09 Å². The number of piperidine rings is 2. The molecule has 31 heavy (non-hydrogen) atoms. The van der Waals surface area contributed by atoms with Gasteiger partial charge in [-0.1, -0.05) is 30.3 Å². The lowest BCUT2D eigenvalue weighted by Crippen LogP contribution is -2.59. The van der Waals surface area contributed by atoms with Gasteiger partial charge < -0.3 is 19.7 Å². The lowest BCUT2D eigenvalue weighted by Gasteiger charge is -2.45. The van der Waals surface area contributed by atoms with Crippen molar-refractivity contribution in [2.45, 2.75) is 43.1 Å². The molecule has 0 atom stereocenters. The summed E-state index contributed by atoms with van der Waals surface area (Å²) in [6, 6.07) is 9.53. The number of halogens is 1. The number of hydrogen-bond acceptors (Lipinski definition) is 6. The van der Waals surface area contributed by atoms with Gasteiger partial charge in [0.1, 0.15) is 6.61 Å². The summed E-state index contributed by atoms with van der Waals surface area (Å²) in [5.41, 5.74) is 0.584. The van der Waals surface area contributed by atoms with E-state index in [1.54, 1.807) is 9.21 Å². The Kier molecular flexibility index (Phi) is 8.20. The highest BCUT2D eigenvalue weighted by Gasteiger charge is 2.44. The van der Waals surface area contributed by atoms with Gasteiger partial charge in [-0.2, -0.15) is 4.31 Å². The van der Waals surface area contributed by atoms with Crippen LogP contribution >= 0.6 is 12.4 Å². The van der Waals surface area contributed by atoms with Crippen LogP contribution < -0.4 is 5.32 Å². The molecule has 0 unspecified atom stereocenters. The molecular formula is C21H32ClN3O5S. The zero-order valence-corrected chi connectivity index (χ0v) is 19.3. The third-order valence-electron chi connectivity index (χ3n) is 6.41. The van der Waals surface area contributed by atoms with E-state index in [1.165, 1.54) is 0 Å². The molecule has 1 aromatic rings. The number of carbonyl (C=O) groups is 1. The molecule has 0 saturated carbocycles. The van der Waals surface area contributed by atoms with Gasteiger partial charge in [0, 0.05) is 26.2 Å². The highest BCUT2D eigenvalue weighted by Crippen LogP contribution is 2.31. The third kappa shape index (κ3) is 5.70. The first-order valence-electron chi connectivity index (χ1n) is 10.8. The fourth-order valence-corrected chi connectivity index (χ4v) is 6.54. The van der Waals surface area contributed by atoms with Crippen LogP contribution in [-0.4, -0.2) is 80.4 Å². The van der Waals surface area contributed by atoms with Gasteiger partial charge in [-0.3, -0.25) is 0 Å². The van der Waals surface area contributed by atoms with E-state index in [2.05, 4.69) is 5.32 Å². The van der Waals surface area contributed by atoms with Crippen molar-refractivity contribution in [2.24, 2.45) is 0 Å². The second-order valence-corrected chi connectivity index (χ2v) is 10.6. The van der Waals surface area contributed by atoms with Gasteiger partial charge in [0.2, 0.25) is 10.0 Å². The Balaban J connectivity index is 0.00000272. The summed E-state index contributed by atoms with van der Waals surface area (Å²) in [5.74, 6) is 0. The van der Waals surface area contributed by atoms with E-state index in [9.17, 15) is 13.2 Å². The monoisotopic (exact) mass is 473 g/mol. The molecule has 4 rings (SSSR count). The number of amides is 1. The zero-order chi connectivity index (χ0) is 21.0. The highest BCUT2D eigenvalue weighted by molar-refractivity contribution is 7.89. The molecule has 10 heteroatoms. The molecule has 0 radical (unpaired) electrons. The van der Waals surface area contributed by atoms with Crippen LogP contribution in [0.5, 0.6) is 0 Å². The fraction of sp³-hybridized carbons (Fsp3) is 0.667. The number of nitrogens with zero attached hydrogens (tertiary/aromatic N) is 2. The van der Waals surface area contributed by atoms with E-state index in [4.69, 9.17) is 9.47 Å². The summed E-state index contributed by atoms with van der Waals surface area (Å²) in [5, 5.41) is 2.86. The fourth-order valence-electron chi connectivity index (χ4n) is 4.57. The summed E-state index contributed by atoms with van der Waals surface area (Å²) >= 11 is 0. The number of benzene rings is 1. The minimum Gasteiger partial charge on any atom is -0.445 e. The molecule has 3 heterocycles. The smallest absolute Gasteiger partial charge is 0.410 e. The van der Waals surface area contributed by atoms with Gasteiger partial charge in [0.05, 0.1) is 17.5 Å². The largest absolute Gasteiger partial charge is 0.445 e. The van der Waals surface area contributed by atoms with Crippen LogP contribution in [0.1, 0.15) is 31.2 Å². The van der Waals surface area contributed by atoms with Crippen molar-refractivity contribution in [2.75, 3.05) is 45.9 Å². The lowest BCUT2D eigenvalue weighted by atomic mass is 9.91. The summed E-state index contributed by atoms with van der Waals surface area (Å²) in [4.78, 5) is 14.0. The van der Waals surface area contributed by atoms with Crippen molar-refractivity contribution in [1.82, 2.24) is 14.5 Å². The number of ether oxygens (including phenoxy) is 2. The topological polar surface area (TPSA) is 88.2 Å². The Bertz CT molecular complexity index is 819. The quantitative estimate of drug-likeness (QED) is 0.719. The highest BCUT2D eigenvalue weighted by atomic mass is 35.5. The number of nitrogens with one attached hydrogen (secondary N) is 1. The molecule has 0 bridgehead atoms. The van der Waals surface area contributed by atoms with Crippen LogP contribution in [0.4, 0.5) is 4.79 Å². The third-order valence-corrected chi connectivity index (χ3v) is 8.76. The molecule has 3 saturated heterocycles. The van der Waals surface area contributed by atoms with Crippen molar-refractivity contribution in [1.29, 1.82) is 0 Å². The molecular weight excluding hydrogens is 442 g/mol. The SMILES string of the molecule is Cl.O=C(OCc1ccccc1)N1CCC(S(=O)(=O)N2CCOC3(CCNCC3)C2)CC1. The van der Waals surface area contributed by atoms with Gasteiger partial charge in [-0.25, -0.2) is 13.2 Å². The van der Waals surface area contributed by atoms with Crippen molar-refractivity contribution in [3.05, 3.63) is 35.9 Å². The molecule has 0 aromatic heterocycles. The molecule has 174 valence electrons. The van der Waals surface area contributed by atoms with E-state index in [0.717, 1.165) is 31.5 Å². The van der Waals surface area contributed by atoms with Gasteiger partial charge in [-0.05, 0) is 44.3 Å². The van der Waals surface area contributed by atoms with Crippen LogP contribution in [-0.2, 0) is 26.1 Å². The Labute approximate surface area is 190 Å². The predicted octanol–water partition coefficient (Wildman–Crippen LogP) is 1.99. The summed E-state index contributed by atoms with van der Waals surface area (Å²) in [6.07, 6.45) is 2.17. The summed E-state index contributed by atoms with van der Waals surface area (Å²) in [7, 11) is -3.41. The van der Waals surface area contributed by atoms with Crippen molar-refractivity contribution in [3.63, 3.8) is 0 Å². The number of likely N-dealkylation sites (tertiary alicyclic amines) is 1. The number of rotatable bonds is 4. The predicted molar refractivity (Wildman–Crippen MR) is 120 cm³/mol. The first-order chi connectivity index (χ1) is 14.5. The average Bonchev–Trinajstić information content (AvgIpc) is 2.79. The normalized spacial score (nSPS) is 22.6.